The molecule has 1 aliphatic rings. The van der Waals surface area contributed by atoms with Crippen LogP contribution < -0.4 is 4.74 Å². The van der Waals surface area contributed by atoms with Crippen molar-refractivity contribution in [3.63, 3.8) is 0 Å². The predicted molar refractivity (Wildman–Crippen MR) is 56.7 cm³/mol. The maximum atomic E-state index is 11.0. The van der Waals surface area contributed by atoms with Gasteiger partial charge in [-0.15, -0.1) is 0 Å². The molecule has 1 aromatic rings. The van der Waals surface area contributed by atoms with Gasteiger partial charge in [0.2, 0.25) is 0 Å². The number of ether oxygens (including phenoxy) is 1. The molecule has 0 saturated carbocycles. The summed E-state index contributed by atoms with van der Waals surface area (Å²) in [4.78, 5) is 11.0. The van der Waals surface area contributed by atoms with Crippen LogP contribution in [0.1, 0.15) is 24.0 Å². The lowest BCUT2D eigenvalue weighted by molar-refractivity contribution is -0.138. The van der Waals surface area contributed by atoms with Gasteiger partial charge in [0, 0.05) is 17.0 Å². The average Bonchev–Trinajstić information content (AvgIpc) is 2.64. The first kappa shape index (κ1) is 10.3. The summed E-state index contributed by atoms with van der Waals surface area (Å²) in [5.74, 6) is -0.686. The van der Waals surface area contributed by atoms with Crippen molar-refractivity contribution in [1.82, 2.24) is 0 Å². The Morgan fingerprint density at radius 2 is 2.33 bits per heavy atom. The Labute approximate surface area is 92.6 Å². The second-order valence-electron chi connectivity index (χ2n) is 3.60. The Kier molecular flexibility index (Phi) is 2.57. The molecule has 1 aromatic carbocycles. The highest BCUT2D eigenvalue weighted by Crippen LogP contribution is 2.37. The number of fused-ring (bicyclic) bond motifs is 1. The Morgan fingerprint density at radius 3 is 3.00 bits per heavy atom. The monoisotopic (exact) mass is 226 g/mol. The number of aliphatic carboxylic acids is 1. The van der Waals surface area contributed by atoms with Gasteiger partial charge in [-0.05, 0) is 24.6 Å². The van der Waals surface area contributed by atoms with Gasteiger partial charge < -0.3 is 9.84 Å². The number of benzene rings is 1. The third-order valence-electron chi connectivity index (χ3n) is 2.67. The Balaban J connectivity index is 2.54. The number of halogens is 1. The van der Waals surface area contributed by atoms with Crippen molar-refractivity contribution in [2.24, 2.45) is 0 Å². The van der Waals surface area contributed by atoms with Crippen molar-refractivity contribution >= 4 is 17.6 Å². The van der Waals surface area contributed by atoms with E-state index in [0.717, 1.165) is 17.7 Å². The Morgan fingerprint density at radius 1 is 1.60 bits per heavy atom. The molecule has 1 N–H and O–H groups in total. The average molecular weight is 227 g/mol. The molecule has 0 saturated heterocycles. The molecule has 3 nitrogen and oxygen atoms in total. The smallest absolute Gasteiger partial charge is 0.310 e. The fourth-order valence-electron chi connectivity index (χ4n) is 1.86. The van der Waals surface area contributed by atoms with Gasteiger partial charge in [-0.1, -0.05) is 11.6 Å². The first-order valence-electron chi connectivity index (χ1n) is 4.78. The first-order chi connectivity index (χ1) is 7.11. The highest BCUT2D eigenvalue weighted by molar-refractivity contribution is 6.31. The van der Waals surface area contributed by atoms with E-state index in [-0.39, 0.29) is 0 Å². The van der Waals surface area contributed by atoms with Crippen molar-refractivity contribution in [2.45, 2.75) is 19.3 Å². The van der Waals surface area contributed by atoms with Gasteiger partial charge >= 0.3 is 5.97 Å². The van der Waals surface area contributed by atoms with E-state index >= 15 is 0 Å². The minimum Gasteiger partial charge on any atom is -0.493 e. The minimum absolute atomic E-state index is 0.508. The van der Waals surface area contributed by atoms with Crippen LogP contribution in [0.4, 0.5) is 0 Å². The van der Waals surface area contributed by atoms with Crippen LogP contribution in [-0.2, 0) is 11.2 Å². The van der Waals surface area contributed by atoms with E-state index in [1.807, 2.05) is 0 Å². The van der Waals surface area contributed by atoms with Crippen molar-refractivity contribution in [2.75, 3.05) is 6.61 Å². The van der Waals surface area contributed by atoms with Gasteiger partial charge in [0.05, 0.1) is 12.5 Å². The normalized spacial score (nSPS) is 15.6. The standard InChI is InChI=1S/C11H11ClO3/c1-6(11(13)14)10-7-4-5-15-9(7)3-2-8(10)12/h2-3,6H,4-5H2,1H3,(H,13,14). The zero-order chi connectivity index (χ0) is 11.0. The van der Waals surface area contributed by atoms with E-state index in [1.54, 1.807) is 19.1 Å². The zero-order valence-electron chi connectivity index (χ0n) is 8.29. The van der Waals surface area contributed by atoms with Crippen LogP contribution in [0.15, 0.2) is 12.1 Å². The molecule has 1 heterocycles. The van der Waals surface area contributed by atoms with Crippen molar-refractivity contribution in [1.29, 1.82) is 0 Å². The lowest BCUT2D eigenvalue weighted by atomic mass is 9.94. The van der Waals surface area contributed by atoms with E-state index in [9.17, 15) is 4.79 Å². The molecule has 0 aliphatic carbocycles. The summed E-state index contributed by atoms with van der Waals surface area (Å²) >= 11 is 6.03. The number of carboxylic acids is 1. The predicted octanol–water partition coefficient (Wildman–Crippen LogP) is 2.46. The maximum absolute atomic E-state index is 11.0. The van der Waals surface area contributed by atoms with Crippen molar-refractivity contribution < 1.29 is 14.6 Å². The molecule has 2 rings (SSSR count). The molecule has 4 heteroatoms. The molecule has 1 aliphatic heterocycles. The third kappa shape index (κ3) is 1.67. The van der Waals surface area contributed by atoms with Crippen LogP contribution in [0, 0.1) is 0 Å². The second kappa shape index (κ2) is 3.74. The fourth-order valence-corrected chi connectivity index (χ4v) is 2.20. The third-order valence-corrected chi connectivity index (χ3v) is 3.00. The van der Waals surface area contributed by atoms with Crippen LogP contribution in [-0.4, -0.2) is 17.7 Å². The van der Waals surface area contributed by atoms with Crippen molar-refractivity contribution in [3.8, 4) is 5.75 Å². The van der Waals surface area contributed by atoms with Crippen LogP contribution >= 0.6 is 11.6 Å². The van der Waals surface area contributed by atoms with Gasteiger partial charge in [0.15, 0.2) is 0 Å². The largest absolute Gasteiger partial charge is 0.493 e. The van der Waals surface area contributed by atoms with Gasteiger partial charge in [-0.25, -0.2) is 0 Å². The topological polar surface area (TPSA) is 46.5 Å². The molecule has 15 heavy (non-hydrogen) atoms. The van der Waals surface area contributed by atoms with E-state index in [2.05, 4.69) is 0 Å². The molecule has 0 bridgehead atoms. The molecule has 0 aromatic heterocycles. The molecule has 1 unspecified atom stereocenters. The van der Waals surface area contributed by atoms with Crippen molar-refractivity contribution in [3.05, 3.63) is 28.3 Å². The number of hydrogen-bond acceptors (Lipinski definition) is 2. The molecular weight excluding hydrogens is 216 g/mol. The summed E-state index contributed by atoms with van der Waals surface area (Å²) in [6, 6.07) is 3.49. The number of rotatable bonds is 2. The summed E-state index contributed by atoms with van der Waals surface area (Å²) in [6.45, 7) is 2.25. The molecule has 80 valence electrons. The van der Waals surface area contributed by atoms with Crippen LogP contribution in [0.25, 0.3) is 0 Å². The minimum atomic E-state index is -0.864. The summed E-state index contributed by atoms with van der Waals surface area (Å²) in [5, 5.41) is 9.50. The van der Waals surface area contributed by atoms with E-state index < -0.39 is 11.9 Å². The molecule has 1 atom stereocenters. The Bertz CT molecular complexity index is 415. The van der Waals surface area contributed by atoms with E-state index in [0.29, 0.717) is 17.2 Å². The van der Waals surface area contributed by atoms with Gasteiger partial charge in [0.1, 0.15) is 5.75 Å². The molecular formula is C11H11ClO3. The molecule has 0 fully saturated rings. The zero-order valence-corrected chi connectivity index (χ0v) is 9.04. The lowest BCUT2D eigenvalue weighted by Gasteiger charge is -2.13. The quantitative estimate of drug-likeness (QED) is 0.843. The summed E-state index contributed by atoms with van der Waals surface area (Å²) in [6.07, 6.45) is 0.739. The second-order valence-corrected chi connectivity index (χ2v) is 4.00. The Hall–Kier alpha value is -1.22. The maximum Gasteiger partial charge on any atom is 0.310 e. The number of carboxylic acid groups (broad SMARTS) is 1. The van der Waals surface area contributed by atoms with Gasteiger partial charge in [-0.3, -0.25) is 4.79 Å². The lowest BCUT2D eigenvalue weighted by Crippen LogP contribution is -2.10. The molecule has 0 amide bonds. The number of hydrogen-bond donors (Lipinski definition) is 1. The first-order valence-corrected chi connectivity index (χ1v) is 5.16. The summed E-state index contributed by atoms with van der Waals surface area (Å²) in [7, 11) is 0. The highest BCUT2D eigenvalue weighted by Gasteiger charge is 2.25. The van der Waals surface area contributed by atoms with E-state index in [1.165, 1.54) is 0 Å². The summed E-state index contributed by atoms with van der Waals surface area (Å²) in [5.41, 5.74) is 1.64. The van der Waals surface area contributed by atoms with Crippen LogP contribution in [0.5, 0.6) is 5.75 Å². The number of carbonyl (C=O) groups is 1. The van der Waals surface area contributed by atoms with E-state index in [4.69, 9.17) is 21.4 Å². The van der Waals surface area contributed by atoms with Crippen LogP contribution in [0.2, 0.25) is 5.02 Å². The SMILES string of the molecule is CC(C(=O)O)c1c(Cl)ccc2c1CCO2. The van der Waals surface area contributed by atoms with Crippen LogP contribution in [0.3, 0.4) is 0 Å². The van der Waals surface area contributed by atoms with Gasteiger partial charge in [-0.2, -0.15) is 0 Å². The highest BCUT2D eigenvalue weighted by atomic mass is 35.5. The molecule has 0 radical (unpaired) electrons. The van der Waals surface area contributed by atoms with Gasteiger partial charge in [0.25, 0.3) is 0 Å². The summed E-state index contributed by atoms with van der Waals surface area (Å²) < 4.78 is 5.37. The molecule has 0 spiro atoms. The fraction of sp³-hybridized carbons (Fsp3) is 0.364.